The number of carbonyl (C=O) groups excluding carboxylic acids is 2. The summed E-state index contributed by atoms with van der Waals surface area (Å²) in [5, 5.41) is 11.4. The van der Waals surface area contributed by atoms with Gasteiger partial charge in [-0.15, -0.1) is 0 Å². The molecule has 0 atom stereocenters. The Morgan fingerprint density at radius 1 is 0.617 bits per heavy atom. The summed E-state index contributed by atoms with van der Waals surface area (Å²) in [6.07, 6.45) is 0.181. The molecular weight excluding hydrogens is 608 g/mol. The van der Waals surface area contributed by atoms with E-state index < -0.39 is 0 Å². The van der Waals surface area contributed by atoms with E-state index in [-0.39, 0.29) is 31.3 Å². The van der Waals surface area contributed by atoms with E-state index in [1.54, 1.807) is 4.90 Å². The molecule has 0 saturated heterocycles. The zero-order valence-corrected chi connectivity index (χ0v) is 27.1. The van der Waals surface area contributed by atoms with Crippen LogP contribution < -0.4 is 10.2 Å². The molecule has 12 nitrogen and oxygen atoms in total. The minimum absolute atomic E-state index is 0.0152. The van der Waals surface area contributed by atoms with Crippen molar-refractivity contribution in [1.82, 2.24) is 5.32 Å². The standard InChI is InChI=1S/C35H48N2O10/c38-14-16-42-18-20-44-22-24-46-26-28-47-27-25-45-23-21-43-19-17-41-15-13-36-34(39)11-12-35(40)37-29-32-7-2-1-5-30(32)9-10-31-6-3-4-8-33(31)37/h1-8,38H,11-29H2,(H,36,39). The number of aliphatic hydroxyl groups excluding tert-OH is 1. The first-order chi connectivity index (χ1) is 23.2. The number of hydrogen-bond donors (Lipinski definition) is 2. The van der Waals surface area contributed by atoms with E-state index in [9.17, 15) is 9.59 Å². The van der Waals surface area contributed by atoms with Gasteiger partial charge in [-0.05, 0) is 23.8 Å². The first-order valence-electron chi connectivity index (χ1n) is 16.1. The number of para-hydroxylation sites is 1. The highest BCUT2D eigenvalue weighted by Crippen LogP contribution is 2.26. The monoisotopic (exact) mass is 656 g/mol. The van der Waals surface area contributed by atoms with Crippen LogP contribution in [-0.2, 0) is 49.3 Å². The summed E-state index contributed by atoms with van der Waals surface area (Å²) < 4.78 is 37.7. The van der Waals surface area contributed by atoms with Gasteiger partial charge < -0.3 is 48.5 Å². The Morgan fingerprint density at radius 3 is 1.66 bits per heavy atom. The maximum atomic E-state index is 13.2. The second-order valence-corrected chi connectivity index (χ2v) is 10.3. The number of benzene rings is 2. The molecule has 0 unspecified atom stereocenters. The van der Waals surface area contributed by atoms with Crippen molar-refractivity contribution in [3.8, 4) is 11.8 Å². The maximum absolute atomic E-state index is 13.2. The van der Waals surface area contributed by atoms with E-state index in [0.29, 0.717) is 106 Å². The fourth-order valence-electron chi connectivity index (χ4n) is 4.40. The largest absolute Gasteiger partial charge is 0.394 e. The molecule has 12 heteroatoms. The Kier molecular flexibility index (Phi) is 20.0. The van der Waals surface area contributed by atoms with E-state index in [0.717, 1.165) is 22.4 Å². The summed E-state index contributed by atoms with van der Waals surface area (Å²) in [6, 6.07) is 15.4. The molecule has 0 fully saturated rings. The molecule has 1 heterocycles. The number of rotatable bonds is 26. The number of amides is 2. The van der Waals surface area contributed by atoms with Crippen LogP contribution in [0.5, 0.6) is 0 Å². The quantitative estimate of drug-likeness (QED) is 0.114. The molecule has 2 aromatic carbocycles. The molecule has 2 aromatic rings. The third-order valence-corrected chi connectivity index (χ3v) is 6.78. The van der Waals surface area contributed by atoms with Crippen LogP contribution in [0.1, 0.15) is 29.5 Å². The number of nitrogens with one attached hydrogen (secondary N) is 1. The summed E-state index contributed by atoms with van der Waals surface area (Å²) in [5.41, 5.74) is 3.41. The number of carbonyl (C=O) groups is 2. The van der Waals surface area contributed by atoms with E-state index in [4.69, 9.17) is 38.3 Å². The second kappa shape index (κ2) is 24.7. The van der Waals surface area contributed by atoms with Gasteiger partial charge in [-0.25, -0.2) is 0 Å². The predicted molar refractivity (Wildman–Crippen MR) is 175 cm³/mol. The van der Waals surface area contributed by atoms with Crippen molar-refractivity contribution in [1.29, 1.82) is 0 Å². The van der Waals surface area contributed by atoms with Crippen LogP contribution in [0.4, 0.5) is 5.69 Å². The Hall–Kier alpha value is -3.38. The van der Waals surface area contributed by atoms with Gasteiger partial charge in [0, 0.05) is 30.5 Å². The van der Waals surface area contributed by atoms with Crippen molar-refractivity contribution < 1.29 is 47.9 Å². The van der Waals surface area contributed by atoms with Crippen molar-refractivity contribution in [2.75, 3.05) is 111 Å². The molecule has 2 amide bonds. The van der Waals surface area contributed by atoms with Crippen molar-refractivity contribution >= 4 is 17.5 Å². The summed E-state index contributed by atoms with van der Waals surface area (Å²) in [6.45, 7) is 6.98. The van der Waals surface area contributed by atoms with Gasteiger partial charge in [0.25, 0.3) is 0 Å². The average molecular weight is 657 g/mol. The number of aliphatic hydroxyl groups is 1. The van der Waals surface area contributed by atoms with Gasteiger partial charge in [0.1, 0.15) is 0 Å². The van der Waals surface area contributed by atoms with Crippen LogP contribution in [-0.4, -0.2) is 123 Å². The highest BCUT2D eigenvalue weighted by Gasteiger charge is 2.21. The van der Waals surface area contributed by atoms with Crippen LogP contribution in [0, 0.1) is 11.8 Å². The highest BCUT2D eigenvalue weighted by atomic mass is 16.6. The van der Waals surface area contributed by atoms with Crippen molar-refractivity contribution in [3.63, 3.8) is 0 Å². The number of anilines is 1. The lowest BCUT2D eigenvalue weighted by atomic mass is 10.0. The summed E-state index contributed by atoms with van der Waals surface area (Å²) in [5.74, 6) is 6.07. The van der Waals surface area contributed by atoms with E-state index in [1.165, 1.54) is 0 Å². The lowest BCUT2D eigenvalue weighted by molar-refractivity contribution is -0.125. The van der Waals surface area contributed by atoms with Crippen LogP contribution in [0.25, 0.3) is 0 Å². The third-order valence-electron chi connectivity index (χ3n) is 6.78. The van der Waals surface area contributed by atoms with Crippen molar-refractivity contribution in [3.05, 3.63) is 65.2 Å². The van der Waals surface area contributed by atoms with Crippen LogP contribution in [0.2, 0.25) is 0 Å². The van der Waals surface area contributed by atoms with Crippen LogP contribution in [0.15, 0.2) is 48.5 Å². The van der Waals surface area contributed by atoms with Gasteiger partial charge in [0.2, 0.25) is 11.8 Å². The Labute approximate surface area is 277 Å². The molecular formula is C35H48N2O10. The average Bonchev–Trinajstić information content (AvgIpc) is 3.08. The lowest BCUT2D eigenvalue weighted by Crippen LogP contribution is -2.34. The topological polar surface area (TPSA) is 134 Å². The van der Waals surface area contributed by atoms with Crippen molar-refractivity contribution in [2.45, 2.75) is 19.4 Å². The molecule has 258 valence electrons. The molecule has 3 rings (SSSR count). The molecule has 0 bridgehead atoms. The molecule has 0 aliphatic carbocycles. The molecule has 0 aromatic heterocycles. The minimum Gasteiger partial charge on any atom is -0.394 e. The van der Waals surface area contributed by atoms with Gasteiger partial charge in [-0.1, -0.05) is 42.2 Å². The zero-order chi connectivity index (χ0) is 33.2. The highest BCUT2D eigenvalue weighted by molar-refractivity contribution is 5.96. The predicted octanol–water partition coefficient (Wildman–Crippen LogP) is 1.94. The van der Waals surface area contributed by atoms with Gasteiger partial charge in [-0.3, -0.25) is 9.59 Å². The molecule has 2 N–H and O–H groups in total. The number of fused-ring (bicyclic) bond motifs is 2. The van der Waals surface area contributed by atoms with Gasteiger partial charge in [0.15, 0.2) is 0 Å². The Bertz CT molecular complexity index is 1230. The first-order valence-corrected chi connectivity index (χ1v) is 16.1. The molecule has 1 aliphatic heterocycles. The smallest absolute Gasteiger partial charge is 0.227 e. The van der Waals surface area contributed by atoms with E-state index in [1.807, 2.05) is 48.5 Å². The molecule has 47 heavy (non-hydrogen) atoms. The molecule has 0 spiro atoms. The maximum Gasteiger partial charge on any atom is 0.227 e. The van der Waals surface area contributed by atoms with E-state index >= 15 is 0 Å². The van der Waals surface area contributed by atoms with Gasteiger partial charge >= 0.3 is 0 Å². The fraction of sp³-hybridized carbons (Fsp3) is 0.543. The van der Waals surface area contributed by atoms with Gasteiger partial charge in [0.05, 0.1) is 111 Å². The van der Waals surface area contributed by atoms with Gasteiger partial charge in [-0.2, -0.15) is 0 Å². The second-order valence-electron chi connectivity index (χ2n) is 10.3. The van der Waals surface area contributed by atoms with E-state index in [2.05, 4.69) is 17.2 Å². The van der Waals surface area contributed by atoms with Crippen LogP contribution >= 0.6 is 0 Å². The minimum atomic E-state index is -0.199. The molecule has 1 aliphatic rings. The lowest BCUT2D eigenvalue weighted by Gasteiger charge is -2.26. The molecule has 0 radical (unpaired) electrons. The number of nitrogens with zero attached hydrogens (tertiary/aromatic N) is 1. The third kappa shape index (κ3) is 16.3. The Balaban J connectivity index is 1.11. The zero-order valence-electron chi connectivity index (χ0n) is 27.1. The first kappa shape index (κ1) is 38.1. The van der Waals surface area contributed by atoms with Crippen LogP contribution in [0.3, 0.4) is 0 Å². The summed E-state index contributed by atoms with van der Waals surface area (Å²) >= 11 is 0. The fourth-order valence-corrected chi connectivity index (χ4v) is 4.40. The summed E-state index contributed by atoms with van der Waals surface area (Å²) in [4.78, 5) is 27.4. The summed E-state index contributed by atoms with van der Waals surface area (Å²) in [7, 11) is 0. The normalized spacial score (nSPS) is 12.0. The molecule has 0 saturated carbocycles. The number of ether oxygens (including phenoxy) is 7. The SMILES string of the molecule is O=C(CCC(=O)N1Cc2ccccc2C#Cc2ccccc21)NCCOCCOCCOCCOCCOCCOCCOCCO. The Morgan fingerprint density at radius 2 is 1.09 bits per heavy atom. The number of hydrogen-bond acceptors (Lipinski definition) is 10. The van der Waals surface area contributed by atoms with Crippen molar-refractivity contribution in [2.24, 2.45) is 0 Å².